The lowest BCUT2D eigenvalue weighted by atomic mass is 9.90. The number of nitrogens with zero attached hydrogens (tertiary/aromatic N) is 3. The summed E-state index contributed by atoms with van der Waals surface area (Å²) in [6, 6.07) is 0.441. The topological polar surface area (TPSA) is 47.1 Å². The summed E-state index contributed by atoms with van der Waals surface area (Å²) in [4.78, 5) is 2.48. The third kappa shape index (κ3) is 2.87. The molecule has 1 aliphatic heterocycles. The lowest BCUT2D eigenvalue weighted by Crippen LogP contribution is -2.31. The van der Waals surface area contributed by atoms with Gasteiger partial charge in [-0.05, 0) is 38.8 Å². The fourth-order valence-corrected chi connectivity index (χ4v) is 2.43. The Labute approximate surface area is 104 Å². The summed E-state index contributed by atoms with van der Waals surface area (Å²) in [6.07, 6.45) is 5.35. The van der Waals surface area contributed by atoms with Crippen LogP contribution in [0.25, 0.3) is 0 Å². The highest BCUT2D eigenvalue weighted by Gasteiger charge is 2.32. The second-order valence-electron chi connectivity index (χ2n) is 5.90. The molecule has 0 bridgehead atoms. The molecule has 96 valence electrons. The maximum absolute atomic E-state index is 5.82. The Morgan fingerprint density at radius 2 is 2.29 bits per heavy atom. The van der Waals surface area contributed by atoms with E-state index in [0.717, 1.165) is 26.2 Å². The van der Waals surface area contributed by atoms with Gasteiger partial charge in [0.25, 0.3) is 0 Å². The van der Waals surface area contributed by atoms with E-state index < -0.39 is 0 Å². The first-order chi connectivity index (χ1) is 8.02. The Hall–Kier alpha value is -0.870. The van der Waals surface area contributed by atoms with Crippen LogP contribution in [0.4, 0.5) is 0 Å². The van der Waals surface area contributed by atoms with Crippen LogP contribution in [0, 0.1) is 5.41 Å². The zero-order chi connectivity index (χ0) is 12.5. The van der Waals surface area contributed by atoms with Crippen LogP contribution in [0.15, 0.2) is 12.4 Å². The molecule has 4 heteroatoms. The summed E-state index contributed by atoms with van der Waals surface area (Å²) in [5, 5.41) is 4.38. The van der Waals surface area contributed by atoms with E-state index in [4.69, 9.17) is 5.73 Å². The fourth-order valence-electron chi connectivity index (χ4n) is 2.43. The smallest absolute Gasteiger partial charge is 0.0534 e. The molecule has 0 amide bonds. The van der Waals surface area contributed by atoms with Crippen LogP contribution in [0.1, 0.15) is 38.8 Å². The molecule has 1 atom stereocenters. The molecule has 1 aromatic heterocycles. The third-order valence-electron chi connectivity index (χ3n) is 3.72. The molecule has 2 N–H and O–H groups in total. The van der Waals surface area contributed by atoms with Crippen molar-refractivity contribution in [3.05, 3.63) is 18.0 Å². The summed E-state index contributed by atoms with van der Waals surface area (Å²) in [5.74, 6) is 0. The van der Waals surface area contributed by atoms with Crippen LogP contribution in [0.2, 0.25) is 0 Å². The minimum Gasteiger partial charge on any atom is -0.330 e. The van der Waals surface area contributed by atoms with E-state index in [2.05, 4.69) is 37.0 Å². The van der Waals surface area contributed by atoms with Gasteiger partial charge in [0.2, 0.25) is 0 Å². The monoisotopic (exact) mass is 236 g/mol. The van der Waals surface area contributed by atoms with Crippen molar-refractivity contribution < 1.29 is 0 Å². The number of nitrogens with two attached hydrogens (primary N) is 1. The maximum Gasteiger partial charge on any atom is 0.0534 e. The van der Waals surface area contributed by atoms with Crippen molar-refractivity contribution in [1.82, 2.24) is 14.7 Å². The van der Waals surface area contributed by atoms with Crippen molar-refractivity contribution in [3.8, 4) is 0 Å². The summed E-state index contributed by atoms with van der Waals surface area (Å²) < 4.78 is 2.02. The molecular formula is C13H24N4. The molecule has 1 unspecified atom stereocenters. The number of aromatic nitrogens is 2. The average Bonchev–Trinajstić information content (AvgIpc) is 2.87. The van der Waals surface area contributed by atoms with Gasteiger partial charge in [-0.15, -0.1) is 0 Å². The van der Waals surface area contributed by atoms with Crippen molar-refractivity contribution in [1.29, 1.82) is 0 Å². The highest BCUT2D eigenvalue weighted by molar-refractivity contribution is 5.05. The lowest BCUT2D eigenvalue weighted by molar-refractivity contribution is 0.274. The minimum atomic E-state index is 0.314. The fraction of sp³-hybridized carbons (Fsp3) is 0.769. The Morgan fingerprint density at radius 3 is 2.82 bits per heavy atom. The SMILES string of the molecule is CC(C)n1cc(CN2CCC(C)(CN)C2)cn1. The molecule has 1 fully saturated rings. The van der Waals surface area contributed by atoms with Gasteiger partial charge in [-0.2, -0.15) is 5.10 Å². The van der Waals surface area contributed by atoms with Gasteiger partial charge in [0.15, 0.2) is 0 Å². The van der Waals surface area contributed by atoms with E-state index in [1.165, 1.54) is 12.0 Å². The Morgan fingerprint density at radius 1 is 1.53 bits per heavy atom. The summed E-state index contributed by atoms with van der Waals surface area (Å²) in [6.45, 7) is 10.6. The van der Waals surface area contributed by atoms with E-state index in [9.17, 15) is 0 Å². The van der Waals surface area contributed by atoms with Crippen molar-refractivity contribution in [3.63, 3.8) is 0 Å². The molecule has 0 aliphatic carbocycles. The Bertz CT molecular complexity index is 371. The average molecular weight is 236 g/mol. The molecule has 2 heterocycles. The van der Waals surface area contributed by atoms with Gasteiger partial charge in [0.05, 0.1) is 6.20 Å². The Kier molecular flexibility index (Phi) is 3.54. The molecular weight excluding hydrogens is 212 g/mol. The second-order valence-corrected chi connectivity index (χ2v) is 5.90. The molecule has 1 aromatic rings. The predicted octanol–water partition coefficient (Wildman–Crippen LogP) is 1.63. The molecule has 2 rings (SSSR count). The first kappa shape index (κ1) is 12.6. The molecule has 1 aliphatic rings. The lowest BCUT2D eigenvalue weighted by Gasteiger charge is -2.22. The van der Waals surface area contributed by atoms with Crippen molar-refractivity contribution in [2.24, 2.45) is 11.1 Å². The standard InChI is InChI=1S/C13H24N4/c1-11(2)17-8-12(6-15-17)7-16-5-4-13(3,9-14)10-16/h6,8,11H,4-5,7,9-10,14H2,1-3H3. The van der Waals surface area contributed by atoms with Crippen molar-refractivity contribution in [2.45, 2.75) is 39.8 Å². The minimum absolute atomic E-state index is 0.314. The molecule has 4 nitrogen and oxygen atoms in total. The van der Waals surface area contributed by atoms with Gasteiger partial charge < -0.3 is 5.73 Å². The normalized spacial score (nSPS) is 25.9. The van der Waals surface area contributed by atoms with Gasteiger partial charge in [-0.3, -0.25) is 9.58 Å². The second kappa shape index (κ2) is 4.78. The van der Waals surface area contributed by atoms with Crippen LogP contribution < -0.4 is 5.73 Å². The number of likely N-dealkylation sites (tertiary alicyclic amines) is 1. The van der Waals surface area contributed by atoms with E-state index in [1.807, 2.05) is 10.9 Å². The highest BCUT2D eigenvalue weighted by Crippen LogP contribution is 2.29. The summed E-state index contributed by atoms with van der Waals surface area (Å²) in [7, 11) is 0. The number of rotatable bonds is 4. The van der Waals surface area contributed by atoms with Gasteiger partial charge in [-0.1, -0.05) is 6.92 Å². The largest absolute Gasteiger partial charge is 0.330 e. The number of hydrogen-bond acceptors (Lipinski definition) is 3. The molecule has 0 spiro atoms. The molecule has 0 saturated carbocycles. The van der Waals surface area contributed by atoms with Crippen LogP contribution in [-0.2, 0) is 6.54 Å². The zero-order valence-corrected chi connectivity index (χ0v) is 11.2. The number of hydrogen-bond donors (Lipinski definition) is 1. The van der Waals surface area contributed by atoms with E-state index in [0.29, 0.717) is 11.5 Å². The van der Waals surface area contributed by atoms with Gasteiger partial charge in [-0.25, -0.2) is 0 Å². The quantitative estimate of drug-likeness (QED) is 0.864. The summed E-state index contributed by atoms with van der Waals surface area (Å²) in [5.41, 5.74) is 7.44. The molecule has 0 aromatic carbocycles. The molecule has 0 radical (unpaired) electrons. The van der Waals surface area contributed by atoms with Gasteiger partial charge in [0, 0.05) is 30.9 Å². The van der Waals surface area contributed by atoms with Crippen LogP contribution >= 0.6 is 0 Å². The van der Waals surface area contributed by atoms with Crippen LogP contribution in [0.3, 0.4) is 0 Å². The van der Waals surface area contributed by atoms with Crippen molar-refractivity contribution >= 4 is 0 Å². The Balaban J connectivity index is 1.93. The van der Waals surface area contributed by atoms with E-state index >= 15 is 0 Å². The van der Waals surface area contributed by atoms with E-state index in [1.54, 1.807) is 0 Å². The summed E-state index contributed by atoms with van der Waals surface area (Å²) >= 11 is 0. The third-order valence-corrected chi connectivity index (χ3v) is 3.72. The highest BCUT2D eigenvalue weighted by atomic mass is 15.3. The maximum atomic E-state index is 5.82. The first-order valence-corrected chi connectivity index (χ1v) is 6.48. The predicted molar refractivity (Wildman–Crippen MR) is 69.7 cm³/mol. The van der Waals surface area contributed by atoms with Crippen molar-refractivity contribution in [2.75, 3.05) is 19.6 Å². The van der Waals surface area contributed by atoms with Crippen LogP contribution in [0.5, 0.6) is 0 Å². The van der Waals surface area contributed by atoms with Gasteiger partial charge >= 0.3 is 0 Å². The first-order valence-electron chi connectivity index (χ1n) is 6.48. The van der Waals surface area contributed by atoms with Crippen LogP contribution in [-0.4, -0.2) is 34.3 Å². The van der Waals surface area contributed by atoms with Gasteiger partial charge in [0.1, 0.15) is 0 Å². The zero-order valence-electron chi connectivity index (χ0n) is 11.2. The van der Waals surface area contributed by atoms with E-state index in [-0.39, 0.29) is 0 Å². The molecule has 1 saturated heterocycles. The molecule has 17 heavy (non-hydrogen) atoms.